The van der Waals surface area contributed by atoms with Crippen molar-refractivity contribution in [2.75, 3.05) is 13.1 Å². The van der Waals surface area contributed by atoms with Crippen LogP contribution in [0.1, 0.15) is 11.6 Å². The van der Waals surface area contributed by atoms with Gasteiger partial charge in [-0.05, 0) is 6.07 Å². The van der Waals surface area contributed by atoms with Gasteiger partial charge < -0.3 is 4.98 Å². The summed E-state index contributed by atoms with van der Waals surface area (Å²) in [5, 5.41) is 1.13. The zero-order chi connectivity index (χ0) is 9.38. The Kier molecular flexibility index (Phi) is 1.71. The van der Waals surface area contributed by atoms with Gasteiger partial charge in [0.25, 0.3) is 0 Å². The summed E-state index contributed by atoms with van der Waals surface area (Å²) in [6.45, 7) is 1.86. The van der Waals surface area contributed by atoms with Crippen molar-refractivity contribution in [2.45, 2.75) is 5.92 Å². The fourth-order valence-electron chi connectivity index (χ4n) is 1.87. The van der Waals surface area contributed by atoms with Crippen molar-refractivity contribution in [3.63, 3.8) is 0 Å². The molecule has 0 spiro atoms. The number of hydrogen-bond donors (Lipinski definition) is 3. The quantitative estimate of drug-likeness (QED) is 0.597. The lowest BCUT2D eigenvalue weighted by atomic mass is 10.0. The molecule has 0 bridgehead atoms. The van der Waals surface area contributed by atoms with Gasteiger partial charge in [-0.2, -0.15) is 0 Å². The zero-order valence-corrected chi connectivity index (χ0v) is 7.62. The number of H-pyrrole nitrogens is 1. The van der Waals surface area contributed by atoms with Crippen LogP contribution in [0.3, 0.4) is 0 Å². The number of nitrogens with one attached hydrogen (secondary N) is 3. The molecule has 5 nitrogen and oxygen atoms in total. The van der Waals surface area contributed by atoms with Gasteiger partial charge in [0.15, 0.2) is 0 Å². The number of aromatic amines is 1. The van der Waals surface area contributed by atoms with E-state index < -0.39 is 0 Å². The smallest absolute Gasteiger partial charge is 0.140 e. The topological polar surface area (TPSA) is 65.6 Å². The molecule has 14 heavy (non-hydrogen) atoms. The minimum Gasteiger partial charge on any atom is -0.346 e. The summed E-state index contributed by atoms with van der Waals surface area (Å²) >= 11 is 0. The van der Waals surface area contributed by atoms with Gasteiger partial charge in [-0.15, -0.1) is 0 Å². The summed E-state index contributed by atoms with van der Waals surface area (Å²) in [7, 11) is 0. The molecule has 1 aliphatic rings. The van der Waals surface area contributed by atoms with Crippen LogP contribution in [0.5, 0.6) is 0 Å². The molecule has 3 rings (SSSR count). The number of aromatic nitrogens is 3. The van der Waals surface area contributed by atoms with E-state index in [4.69, 9.17) is 0 Å². The normalized spacial score (nSPS) is 18.0. The summed E-state index contributed by atoms with van der Waals surface area (Å²) in [5.41, 5.74) is 8.25. The fraction of sp³-hybridized carbons (Fsp3) is 0.333. The molecule has 3 N–H and O–H groups in total. The average Bonchev–Trinajstić information content (AvgIpc) is 2.88. The second-order valence-electron chi connectivity index (χ2n) is 3.46. The summed E-state index contributed by atoms with van der Waals surface area (Å²) < 4.78 is 0. The Morgan fingerprint density at radius 1 is 1.21 bits per heavy atom. The highest BCUT2D eigenvalue weighted by Gasteiger charge is 2.20. The van der Waals surface area contributed by atoms with Crippen LogP contribution in [0.25, 0.3) is 11.0 Å². The first-order valence-corrected chi connectivity index (χ1v) is 4.69. The minimum atomic E-state index is 0.441. The van der Waals surface area contributed by atoms with Crippen molar-refractivity contribution in [3.8, 4) is 0 Å². The van der Waals surface area contributed by atoms with Crippen LogP contribution in [-0.2, 0) is 0 Å². The lowest BCUT2D eigenvalue weighted by Crippen LogP contribution is -2.21. The molecule has 0 aliphatic carbocycles. The summed E-state index contributed by atoms with van der Waals surface area (Å²) in [6, 6.07) is 2.03. The van der Waals surface area contributed by atoms with Gasteiger partial charge in [0.2, 0.25) is 0 Å². The number of hydrazine groups is 1. The maximum absolute atomic E-state index is 4.35. The Morgan fingerprint density at radius 2 is 2.07 bits per heavy atom. The standard InChI is InChI=1S/C9H11N5/c1-2-10-9-7(1)8(11-5-12-9)6-3-13-14-4-6/h1-2,5-6,13-14H,3-4H2,(H,10,11,12). The summed E-state index contributed by atoms with van der Waals surface area (Å²) in [5.74, 6) is 0.441. The van der Waals surface area contributed by atoms with E-state index in [1.807, 2.05) is 12.3 Å². The van der Waals surface area contributed by atoms with E-state index in [-0.39, 0.29) is 0 Å². The number of rotatable bonds is 1. The maximum atomic E-state index is 4.35. The first kappa shape index (κ1) is 7.90. The fourth-order valence-corrected chi connectivity index (χ4v) is 1.87. The van der Waals surface area contributed by atoms with E-state index in [0.29, 0.717) is 5.92 Å². The molecule has 3 heterocycles. The monoisotopic (exact) mass is 189 g/mol. The third kappa shape index (κ3) is 1.10. The Morgan fingerprint density at radius 3 is 2.93 bits per heavy atom. The second kappa shape index (κ2) is 3.04. The van der Waals surface area contributed by atoms with Gasteiger partial charge in [-0.25, -0.2) is 9.97 Å². The second-order valence-corrected chi connectivity index (χ2v) is 3.46. The van der Waals surface area contributed by atoms with E-state index in [1.54, 1.807) is 6.33 Å². The molecular weight excluding hydrogens is 178 g/mol. The maximum Gasteiger partial charge on any atom is 0.140 e. The lowest BCUT2D eigenvalue weighted by Gasteiger charge is -2.06. The van der Waals surface area contributed by atoms with Crippen molar-refractivity contribution in [1.29, 1.82) is 0 Å². The first-order chi connectivity index (χ1) is 6.95. The van der Waals surface area contributed by atoms with Crippen molar-refractivity contribution in [3.05, 3.63) is 24.3 Å². The van der Waals surface area contributed by atoms with Crippen LogP contribution in [-0.4, -0.2) is 28.0 Å². The highest BCUT2D eigenvalue weighted by atomic mass is 15.4. The molecule has 1 aliphatic heterocycles. The Hall–Kier alpha value is -1.46. The Labute approximate surface area is 80.9 Å². The molecule has 1 fully saturated rings. The SMILES string of the molecule is c1nc(C2CNNC2)c2cc[nH]c2n1. The molecule has 2 aromatic rings. The molecule has 0 amide bonds. The molecule has 0 aromatic carbocycles. The van der Waals surface area contributed by atoms with Crippen molar-refractivity contribution >= 4 is 11.0 Å². The molecule has 5 heteroatoms. The summed E-state index contributed by atoms with van der Waals surface area (Å²) in [6.07, 6.45) is 3.52. The molecule has 0 saturated carbocycles. The van der Waals surface area contributed by atoms with Crippen molar-refractivity contribution < 1.29 is 0 Å². The Bertz CT molecular complexity index is 443. The molecular formula is C9H11N5. The lowest BCUT2D eigenvalue weighted by molar-refractivity contribution is 0.689. The Balaban J connectivity index is 2.14. The largest absolute Gasteiger partial charge is 0.346 e. The van der Waals surface area contributed by atoms with Crippen LogP contribution in [0, 0.1) is 0 Å². The van der Waals surface area contributed by atoms with Gasteiger partial charge in [-0.1, -0.05) is 0 Å². The predicted octanol–water partition coefficient (Wildman–Crippen LogP) is 0.149. The average molecular weight is 189 g/mol. The van der Waals surface area contributed by atoms with E-state index in [1.165, 1.54) is 0 Å². The first-order valence-electron chi connectivity index (χ1n) is 4.69. The van der Waals surface area contributed by atoms with E-state index in [2.05, 4.69) is 25.8 Å². The van der Waals surface area contributed by atoms with Crippen LogP contribution < -0.4 is 10.9 Å². The predicted molar refractivity (Wildman–Crippen MR) is 52.6 cm³/mol. The van der Waals surface area contributed by atoms with Crippen LogP contribution in [0.2, 0.25) is 0 Å². The molecule has 2 aromatic heterocycles. The molecule has 1 saturated heterocycles. The zero-order valence-electron chi connectivity index (χ0n) is 7.62. The van der Waals surface area contributed by atoms with E-state index >= 15 is 0 Å². The van der Waals surface area contributed by atoms with Gasteiger partial charge in [0, 0.05) is 30.6 Å². The van der Waals surface area contributed by atoms with E-state index in [0.717, 1.165) is 29.8 Å². The third-order valence-corrected chi connectivity index (χ3v) is 2.59. The van der Waals surface area contributed by atoms with Gasteiger partial charge in [0.1, 0.15) is 12.0 Å². The number of nitrogens with zero attached hydrogens (tertiary/aromatic N) is 2. The highest BCUT2D eigenvalue weighted by molar-refractivity contribution is 5.78. The summed E-state index contributed by atoms with van der Waals surface area (Å²) in [4.78, 5) is 11.6. The van der Waals surface area contributed by atoms with Gasteiger partial charge in [-0.3, -0.25) is 10.9 Å². The molecule has 0 radical (unpaired) electrons. The van der Waals surface area contributed by atoms with Crippen LogP contribution in [0.15, 0.2) is 18.6 Å². The molecule has 0 unspecified atom stereocenters. The van der Waals surface area contributed by atoms with Crippen molar-refractivity contribution in [2.24, 2.45) is 0 Å². The van der Waals surface area contributed by atoms with Crippen LogP contribution in [0.4, 0.5) is 0 Å². The van der Waals surface area contributed by atoms with Crippen LogP contribution >= 0.6 is 0 Å². The molecule has 0 atom stereocenters. The van der Waals surface area contributed by atoms with Gasteiger partial charge >= 0.3 is 0 Å². The molecule has 72 valence electrons. The van der Waals surface area contributed by atoms with Crippen molar-refractivity contribution in [1.82, 2.24) is 25.8 Å². The highest BCUT2D eigenvalue weighted by Crippen LogP contribution is 2.21. The minimum absolute atomic E-state index is 0.441. The third-order valence-electron chi connectivity index (χ3n) is 2.59. The number of fused-ring (bicyclic) bond motifs is 1. The number of hydrogen-bond acceptors (Lipinski definition) is 4. The van der Waals surface area contributed by atoms with Gasteiger partial charge in [0.05, 0.1) is 5.69 Å². The van der Waals surface area contributed by atoms with E-state index in [9.17, 15) is 0 Å².